The minimum atomic E-state index is 0.457. The molecule has 2 heterocycles. The molecule has 0 radical (unpaired) electrons. The lowest BCUT2D eigenvalue weighted by molar-refractivity contribution is 0.112. The van der Waals surface area contributed by atoms with Gasteiger partial charge in [-0.2, -0.15) is 0 Å². The average molecular weight is 255 g/mol. The van der Waals surface area contributed by atoms with Crippen LogP contribution in [0.4, 0.5) is 5.82 Å². The molecule has 0 amide bonds. The maximum Gasteiger partial charge on any atom is 0.178 e. The quantitative estimate of drug-likeness (QED) is 0.701. The fourth-order valence-electron chi connectivity index (χ4n) is 2.18. The van der Waals surface area contributed by atoms with Crippen molar-refractivity contribution in [2.75, 3.05) is 5.73 Å². The van der Waals surface area contributed by atoms with Gasteiger partial charge in [-0.1, -0.05) is 0 Å². The second-order valence-electron chi connectivity index (χ2n) is 4.46. The Morgan fingerprint density at radius 2 is 2.00 bits per heavy atom. The van der Waals surface area contributed by atoms with E-state index in [-0.39, 0.29) is 0 Å². The SMILES string of the molecule is Cn1cc(N)nc1-c1nc2ccc(C=O)cc2n1C. The van der Waals surface area contributed by atoms with Crippen LogP contribution in [-0.2, 0) is 14.1 Å². The number of nitrogens with two attached hydrogens (primary N) is 1. The first-order chi connectivity index (χ1) is 9.10. The zero-order valence-corrected chi connectivity index (χ0v) is 10.7. The molecule has 0 aliphatic carbocycles. The Kier molecular flexibility index (Phi) is 2.38. The van der Waals surface area contributed by atoms with Crippen LogP contribution >= 0.6 is 0 Å². The maximum absolute atomic E-state index is 10.8. The zero-order valence-electron chi connectivity index (χ0n) is 10.7. The van der Waals surface area contributed by atoms with E-state index in [2.05, 4.69) is 9.97 Å². The first-order valence-corrected chi connectivity index (χ1v) is 5.81. The van der Waals surface area contributed by atoms with E-state index >= 15 is 0 Å². The van der Waals surface area contributed by atoms with Gasteiger partial charge >= 0.3 is 0 Å². The lowest BCUT2D eigenvalue weighted by atomic mass is 10.2. The third kappa shape index (κ3) is 1.69. The highest BCUT2D eigenvalue weighted by Gasteiger charge is 2.14. The third-order valence-corrected chi connectivity index (χ3v) is 3.14. The molecule has 0 saturated heterocycles. The molecular formula is C13H13N5O. The number of nitrogens with zero attached hydrogens (tertiary/aromatic N) is 4. The Morgan fingerprint density at radius 3 is 2.63 bits per heavy atom. The minimum Gasteiger partial charge on any atom is -0.382 e. The van der Waals surface area contributed by atoms with Gasteiger partial charge < -0.3 is 14.9 Å². The maximum atomic E-state index is 10.8. The molecule has 0 bridgehead atoms. The van der Waals surface area contributed by atoms with Crippen molar-refractivity contribution in [2.24, 2.45) is 14.1 Å². The molecule has 3 rings (SSSR count). The van der Waals surface area contributed by atoms with E-state index in [0.717, 1.165) is 23.1 Å². The van der Waals surface area contributed by atoms with Crippen LogP contribution in [0.25, 0.3) is 22.7 Å². The van der Waals surface area contributed by atoms with Gasteiger partial charge in [0.2, 0.25) is 0 Å². The highest BCUT2D eigenvalue weighted by atomic mass is 16.1. The van der Waals surface area contributed by atoms with Crippen molar-refractivity contribution in [1.82, 2.24) is 19.1 Å². The molecule has 3 aromatic rings. The van der Waals surface area contributed by atoms with Crippen LogP contribution in [0.5, 0.6) is 0 Å². The van der Waals surface area contributed by atoms with Crippen molar-refractivity contribution in [3.05, 3.63) is 30.0 Å². The zero-order chi connectivity index (χ0) is 13.6. The number of anilines is 1. The molecule has 0 aliphatic heterocycles. The Labute approximate surface area is 109 Å². The van der Waals surface area contributed by atoms with Crippen molar-refractivity contribution in [2.45, 2.75) is 0 Å². The lowest BCUT2D eigenvalue weighted by Gasteiger charge is -2.01. The highest BCUT2D eigenvalue weighted by molar-refractivity contribution is 5.86. The number of nitrogen functional groups attached to an aromatic ring is 1. The summed E-state index contributed by atoms with van der Waals surface area (Å²) in [5.41, 5.74) is 8.03. The van der Waals surface area contributed by atoms with Crippen molar-refractivity contribution in [1.29, 1.82) is 0 Å². The number of rotatable bonds is 2. The number of imidazole rings is 2. The molecule has 2 N–H and O–H groups in total. The van der Waals surface area contributed by atoms with Crippen LogP contribution in [0.3, 0.4) is 0 Å². The summed E-state index contributed by atoms with van der Waals surface area (Å²) in [6.07, 6.45) is 2.57. The van der Waals surface area contributed by atoms with Crippen LogP contribution in [0.1, 0.15) is 10.4 Å². The van der Waals surface area contributed by atoms with Gasteiger partial charge in [-0.25, -0.2) is 9.97 Å². The molecule has 96 valence electrons. The summed E-state index contributed by atoms with van der Waals surface area (Å²) in [6.45, 7) is 0. The first-order valence-electron chi connectivity index (χ1n) is 5.81. The lowest BCUT2D eigenvalue weighted by Crippen LogP contribution is -1.99. The summed E-state index contributed by atoms with van der Waals surface area (Å²) in [5.74, 6) is 1.87. The van der Waals surface area contributed by atoms with Gasteiger partial charge in [-0.15, -0.1) is 0 Å². The number of hydrogen-bond acceptors (Lipinski definition) is 4. The summed E-state index contributed by atoms with van der Waals surface area (Å²) in [5, 5.41) is 0. The summed E-state index contributed by atoms with van der Waals surface area (Å²) in [6, 6.07) is 5.39. The Hall–Kier alpha value is -2.63. The van der Waals surface area contributed by atoms with Gasteiger partial charge in [0, 0.05) is 25.9 Å². The number of aldehydes is 1. The molecule has 0 atom stereocenters. The molecule has 6 nitrogen and oxygen atoms in total. The Balaban J connectivity index is 2.28. The molecule has 2 aromatic heterocycles. The van der Waals surface area contributed by atoms with Crippen LogP contribution in [0.2, 0.25) is 0 Å². The predicted molar refractivity (Wildman–Crippen MR) is 72.7 cm³/mol. The molecule has 0 aliphatic rings. The average Bonchev–Trinajstić information content (AvgIpc) is 2.89. The van der Waals surface area contributed by atoms with E-state index in [1.54, 1.807) is 12.3 Å². The van der Waals surface area contributed by atoms with Gasteiger partial charge in [-0.3, -0.25) is 4.79 Å². The Bertz CT molecular complexity index is 784. The van der Waals surface area contributed by atoms with E-state index < -0.39 is 0 Å². The van der Waals surface area contributed by atoms with Gasteiger partial charge in [0.1, 0.15) is 12.1 Å². The monoisotopic (exact) mass is 255 g/mol. The van der Waals surface area contributed by atoms with E-state index in [1.807, 2.05) is 35.4 Å². The summed E-state index contributed by atoms with van der Waals surface area (Å²) in [7, 11) is 3.76. The Morgan fingerprint density at radius 1 is 1.21 bits per heavy atom. The molecular weight excluding hydrogens is 242 g/mol. The normalized spacial score (nSPS) is 11.1. The molecule has 0 saturated carbocycles. The van der Waals surface area contributed by atoms with Gasteiger partial charge in [0.25, 0.3) is 0 Å². The molecule has 1 aromatic carbocycles. The minimum absolute atomic E-state index is 0.457. The number of fused-ring (bicyclic) bond motifs is 1. The highest BCUT2D eigenvalue weighted by Crippen LogP contribution is 2.23. The standard InChI is InChI=1S/C13H13N5O/c1-17-6-11(14)16-12(17)13-15-9-4-3-8(7-19)5-10(9)18(13)2/h3-7H,14H2,1-2H3. The van der Waals surface area contributed by atoms with E-state index in [4.69, 9.17) is 5.73 Å². The largest absolute Gasteiger partial charge is 0.382 e. The number of hydrogen-bond donors (Lipinski definition) is 1. The molecule has 0 fully saturated rings. The van der Waals surface area contributed by atoms with Crippen molar-refractivity contribution in [3.63, 3.8) is 0 Å². The number of aryl methyl sites for hydroxylation is 2. The van der Waals surface area contributed by atoms with Crippen molar-refractivity contribution < 1.29 is 4.79 Å². The van der Waals surface area contributed by atoms with Crippen molar-refractivity contribution in [3.8, 4) is 11.6 Å². The van der Waals surface area contributed by atoms with E-state index in [1.165, 1.54) is 0 Å². The number of aromatic nitrogens is 4. The van der Waals surface area contributed by atoms with Crippen LogP contribution in [0.15, 0.2) is 24.4 Å². The number of carbonyl (C=O) groups excluding carboxylic acids is 1. The fourth-order valence-corrected chi connectivity index (χ4v) is 2.18. The third-order valence-electron chi connectivity index (χ3n) is 3.14. The van der Waals surface area contributed by atoms with Crippen LogP contribution < -0.4 is 5.73 Å². The smallest absolute Gasteiger partial charge is 0.178 e. The first kappa shape index (κ1) is 11.5. The van der Waals surface area contributed by atoms with Crippen LogP contribution in [0, 0.1) is 0 Å². The molecule has 6 heteroatoms. The summed E-state index contributed by atoms with van der Waals surface area (Å²) >= 11 is 0. The molecule has 19 heavy (non-hydrogen) atoms. The fraction of sp³-hybridized carbons (Fsp3) is 0.154. The van der Waals surface area contributed by atoms with Gasteiger partial charge in [-0.05, 0) is 18.2 Å². The van der Waals surface area contributed by atoms with Gasteiger partial charge in [0.05, 0.1) is 11.0 Å². The summed E-state index contributed by atoms with van der Waals surface area (Å²) in [4.78, 5) is 19.6. The number of carbonyl (C=O) groups is 1. The topological polar surface area (TPSA) is 78.7 Å². The molecule has 0 spiro atoms. The predicted octanol–water partition coefficient (Wildman–Crippen LogP) is 1.37. The summed E-state index contributed by atoms with van der Waals surface area (Å²) < 4.78 is 3.74. The van der Waals surface area contributed by atoms with Gasteiger partial charge in [0.15, 0.2) is 11.6 Å². The molecule has 0 unspecified atom stereocenters. The number of benzene rings is 1. The van der Waals surface area contributed by atoms with E-state index in [0.29, 0.717) is 17.2 Å². The second-order valence-corrected chi connectivity index (χ2v) is 4.46. The van der Waals surface area contributed by atoms with Crippen molar-refractivity contribution >= 4 is 23.1 Å². The van der Waals surface area contributed by atoms with E-state index in [9.17, 15) is 4.79 Å². The second kappa shape index (κ2) is 3.94. The van der Waals surface area contributed by atoms with Crippen LogP contribution in [-0.4, -0.2) is 25.4 Å².